The van der Waals surface area contributed by atoms with Gasteiger partial charge in [0.05, 0.1) is 5.69 Å². The number of hydrogen-bond donors (Lipinski definition) is 0. The highest BCUT2D eigenvalue weighted by molar-refractivity contribution is 7.99. The first-order chi connectivity index (χ1) is 13.1. The predicted molar refractivity (Wildman–Crippen MR) is 115 cm³/mol. The van der Waals surface area contributed by atoms with Crippen molar-refractivity contribution in [3.63, 3.8) is 0 Å². The number of rotatable bonds is 4. The first kappa shape index (κ1) is 17.8. The van der Waals surface area contributed by atoms with E-state index in [2.05, 4.69) is 12.1 Å². The van der Waals surface area contributed by atoms with Crippen molar-refractivity contribution in [1.82, 2.24) is 0 Å². The summed E-state index contributed by atoms with van der Waals surface area (Å²) in [5.41, 5.74) is 1.73. The van der Waals surface area contributed by atoms with Crippen LogP contribution in [0.25, 0.3) is 0 Å². The quantitative estimate of drug-likeness (QED) is 0.559. The van der Waals surface area contributed by atoms with Crippen molar-refractivity contribution in [2.24, 2.45) is 0 Å². The van der Waals surface area contributed by atoms with Gasteiger partial charge in [0, 0.05) is 15.5 Å². The first-order valence-electron chi connectivity index (χ1n) is 8.70. The van der Waals surface area contributed by atoms with Gasteiger partial charge in [-0.1, -0.05) is 48.2 Å². The number of para-hydroxylation sites is 1. The van der Waals surface area contributed by atoms with Crippen molar-refractivity contribution in [2.45, 2.75) is 22.8 Å². The average molecular weight is 391 g/mol. The van der Waals surface area contributed by atoms with Crippen molar-refractivity contribution < 1.29 is 4.79 Å². The highest BCUT2D eigenvalue weighted by Crippen LogP contribution is 2.33. The molecule has 1 fully saturated rings. The molecule has 1 amide bonds. The minimum absolute atomic E-state index is 0.00712. The van der Waals surface area contributed by atoms with Gasteiger partial charge in [0.1, 0.15) is 6.04 Å². The predicted octanol–water partition coefficient (Wildman–Crippen LogP) is 5.36. The Labute approximate surface area is 168 Å². The SMILES string of the molecule is CC1C(=O)N(c2ccc(Sc3ccccc3)cc2)C(=S)N1c1ccccc1. The van der Waals surface area contributed by atoms with Crippen LogP contribution in [0, 0.1) is 0 Å². The number of thiocarbonyl (C=S) groups is 1. The molecule has 1 heterocycles. The van der Waals surface area contributed by atoms with E-state index in [1.54, 1.807) is 16.7 Å². The molecule has 1 saturated heterocycles. The van der Waals surface area contributed by atoms with Crippen LogP contribution in [0.2, 0.25) is 0 Å². The van der Waals surface area contributed by atoms with Crippen LogP contribution in [-0.2, 0) is 4.79 Å². The first-order valence-corrected chi connectivity index (χ1v) is 9.93. The minimum atomic E-state index is -0.321. The fourth-order valence-corrected chi connectivity index (χ4v) is 4.41. The molecule has 1 aliphatic rings. The van der Waals surface area contributed by atoms with Gasteiger partial charge < -0.3 is 4.90 Å². The second kappa shape index (κ2) is 7.55. The third-order valence-electron chi connectivity index (χ3n) is 4.47. The number of carbonyl (C=O) groups is 1. The molecule has 1 unspecified atom stereocenters. The zero-order chi connectivity index (χ0) is 18.8. The Hall–Kier alpha value is -2.63. The Morgan fingerprint density at radius 3 is 1.96 bits per heavy atom. The van der Waals surface area contributed by atoms with Gasteiger partial charge in [-0.05, 0) is 67.7 Å². The molecule has 3 nitrogen and oxygen atoms in total. The second-order valence-corrected chi connectivity index (χ2v) is 7.76. The normalized spacial score (nSPS) is 16.9. The Morgan fingerprint density at radius 1 is 0.778 bits per heavy atom. The van der Waals surface area contributed by atoms with Crippen LogP contribution in [0.4, 0.5) is 11.4 Å². The minimum Gasteiger partial charge on any atom is -0.306 e. The van der Waals surface area contributed by atoms with Crippen LogP contribution < -0.4 is 9.80 Å². The fraction of sp³-hybridized carbons (Fsp3) is 0.0909. The van der Waals surface area contributed by atoms with E-state index in [1.165, 1.54) is 4.90 Å². The lowest BCUT2D eigenvalue weighted by molar-refractivity contribution is -0.117. The highest BCUT2D eigenvalue weighted by Gasteiger charge is 2.41. The Kier molecular flexibility index (Phi) is 4.97. The lowest BCUT2D eigenvalue weighted by atomic mass is 10.2. The summed E-state index contributed by atoms with van der Waals surface area (Å²) >= 11 is 7.34. The van der Waals surface area contributed by atoms with Crippen molar-refractivity contribution in [1.29, 1.82) is 0 Å². The van der Waals surface area contributed by atoms with E-state index in [1.807, 2.05) is 84.6 Å². The van der Waals surface area contributed by atoms with Crippen LogP contribution in [-0.4, -0.2) is 17.1 Å². The number of hydrogen-bond acceptors (Lipinski definition) is 3. The summed E-state index contributed by atoms with van der Waals surface area (Å²) in [6, 6.07) is 27.7. The molecule has 1 atom stereocenters. The summed E-state index contributed by atoms with van der Waals surface area (Å²) in [4.78, 5) is 18.7. The molecule has 0 saturated carbocycles. The van der Waals surface area contributed by atoms with E-state index in [-0.39, 0.29) is 11.9 Å². The molecule has 5 heteroatoms. The lowest BCUT2D eigenvalue weighted by Crippen LogP contribution is -2.33. The van der Waals surface area contributed by atoms with Crippen LogP contribution in [0.3, 0.4) is 0 Å². The zero-order valence-electron chi connectivity index (χ0n) is 14.8. The summed E-state index contributed by atoms with van der Waals surface area (Å²) in [5, 5.41) is 0.516. The Bertz CT molecular complexity index is 959. The van der Waals surface area contributed by atoms with Crippen molar-refractivity contribution in [2.75, 3.05) is 9.80 Å². The van der Waals surface area contributed by atoms with E-state index >= 15 is 0 Å². The molecule has 0 spiro atoms. The monoisotopic (exact) mass is 390 g/mol. The van der Waals surface area contributed by atoms with Crippen LogP contribution in [0.5, 0.6) is 0 Å². The highest BCUT2D eigenvalue weighted by atomic mass is 32.2. The molecule has 3 aromatic rings. The summed E-state index contributed by atoms with van der Waals surface area (Å²) < 4.78 is 0. The molecule has 0 aliphatic carbocycles. The number of amides is 1. The fourth-order valence-electron chi connectivity index (χ4n) is 3.11. The maximum atomic E-state index is 12.9. The summed E-state index contributed by atoms with van der Waals surface area (Å²) in [6.07, 6.45) is 0. The van der Waals surface area contributed by atoms with Gasteiger partial charge in [-0.15, -0.1) is 0 Å². The van der Waals surface area contributed by atoms with Gasteiger partial charge in [-0.3, -0.25) is 9.69 Å². The molecule has 0 aromatic heterocycles. The number of carbonyl (C=O) groups excluding carboxylic acids is 1. The lowest BCUT2D eigenvalue weighted by Gasteiger charge is -2.22. The van der Waals surface area contributed by atoms with Gasteiger partial charge in [0.15, 0.2) is 5.11 Å². The van der Waals surface area contributed by atoms with Crippen molar-refractivity contribution in [3.8, 4) is 0 Å². The Morgan fingerprint density at radius 2 is 1.33 bits per heavy atom. The third kappa shape index (κ3) is 3.48. The van der Waals surface area contributed by atoms with Crippen molar-refractivity contribution >= 4 is 46.4 Å². The number of benzene rings is 3. The van der Waals surface area contributed by atoms with E-state index in [9.17, 15) is 4.79 Å². The average Bonchev–Trinajstić information content (AvgIpc) is 2.93. The molecule has 0 N–H and O–H groups in total. The van der Waals surface area contributed by atoms with E-state index in [0.29, 0.717) is 5.11 Å². The molecule has 1 aliphatic heterocycles. The number of nitrogens with zero attached hydrogens (tertiary/aromatic N) is 2. The van der Waals surface area contributed by atoms with E-state index in [4.69, 9.17) is 12.2 Å². The number of anilines is 2. The summed E-state index contributed by atoms with van der Waals surface area (Å²) in [5.74, 6) is -0.00712. The largest absolute Gasteiger partial charge is 0.306 e. The second-order valence-electron chi connectivity index (χ2n) is 6.25. The Balaban J connectivity index is 1.58. The summed E-state index contributed by atoms with van der Waals surface area (Å²) in [6.45, 7) is 1.89. The molecule has 134 valence electrons. The van der Waals surface area contributed by atoms with E-state index < -0.39 is 0 Å². The smallest absolute Gasteiger partial charge is 0.256 e. The van der Waals surface area contributed by atoms with Crippen molar-refractivity contribution in [3.05, 3.63) is 84.9 Å². The maximum Gasteiger partial charge on any atom is 0.256 e. The van der Waals surface area contributed by atoms with Gasteiger partial charge in [0.2, 0.25) is 0 Å². The van der Waals surface area contributed by atoms with Gasteiger partial charge in [0.25, 0.3) is 5.91 Å². The van der Waals surface area contributed by atoms with E-state index in [0.717, 1.165) is 16.3 Å². The van der Waals surface area contributed by atoms with Crippen LogP contribution in [0.1, 0.15) is 6.92 Å². The standard InChI is InChI=1S/C22H18N2OS2/c1-16-21(25)24(22(26)23(16)17-8-4-2-5-9-17)18-12-14-20(15-13-18)27-19-10-6-3-7-11-19/h2-16H,1H3. The molecule has 27 heavy (non-hydrogen) atoms. The molecule has 4 rings (SSSR count). The topological polar surface area (TPSA) is 23.6 Å². The van der Waals surface area contributed by atoms with Gasteiger partial charge in [-0.25, -0.2) is 0 Å². The molecule has 3 aromatic carbocycles. The molecular formula is C22H18N2OS2. The van der Waals surface area contributed by atoms with Gasteiger partial charge >= 0.3 is 0 Å². The summed E-state index contributed by atoms with van der Waals surface area (Å²) in [7, 11) is 0. The zero-order valence-corrected chi connectivity index (χ0v) is 16.4. The maximum absolute atomic E-state index is 12.9. The van der Waals surface area contributed by atoms with Crippen LogP contribution in [0.15, 0.2) is 94.7 Å². The van der Waals surface area contributed by atoms with Gasteiger partial charge in [-0.2, -0.15) is 0 Å². The molecule has 0 bridgehead atoms. The molecule has 0 radical (unpaired) electrons. The molecular weight excluding hydrogens is 372 g/mol. The van der Waals surface area contributed by atoms with Crippen LogP contribution >= 0.6 is 24.0 Å². The third-order valence-corrected chi connectivity index (χ3v) is 5.87.